The van der Waals surface area contributed by atoms with Gasteiger partial charge in [0.25, 0.3) is 5.56 Å². The quantitative estimate of drug-likeness (QED) is 0.284. The van der Waals surface area contributed by atoms with E-state index in [0.717, 1.165) is 11.2 Å². The number of rotatable bonds is 10. The van der Waals surface area contributed by atoms with E-state index in [1.165, 1.54) is 20.2 Å². The van der Waals surface area contributed by atoms with Crippen molar-refractivity contribution in [1.29, 1.82) is 0 Å². The van der Waals surface area contributed by atoms with Crippen LogP contribution in [0.3, 0.4) is 0 Å². The van der Waals surface area contributed by atoms with Crippen molar-refractivity contribution in [3.05, 3.63) is 32.6 Å². The van der Waals surface area contributed by atoms with E-state index in [4.69, 9.17) is 18.7 Å². The lowest BCUT2D eigenvalue weighted by Crippen LogP contribution is -2.41. The summed E-state index contributed by atoms with van der Waals surface area (Å²) in [7, 11) is -7.86. The first-order valence-corrected chi connectivity index (χ1v) is 12.6. The van der Waals surface area contributed by atoms with E-state index < -0.39 is 57.1 Å². The normalized spacial score (nSPS) is 26.6. The van der Waals surface area contributed by atoms with E-state index in [1.54, 1.807) is 0 Å². The summed E-state index contributed by atoms with van der Waals surface area (Å²) in [5.74, 6) is 0. The predicted octanol–water partition coefficient (Wildman–Crippen LogP) is -2.35. The van der Waals surface area contributed by atoms with Crippen LogP contribution in [-0.4, -0.2) is 61.0 Å². The minimum Gasteiger partial charge on any atom is -0.811 e. The maximum Gasteiger partial charge on any atom is 0.330 e. The summed E-state index contributed by atoms with van der Waals surface area (Å²) in [5, 5.41) is 0. The molecule has 0 saturated carbocycles. The molecule has 0 amide bonds. The second-order valence-corrected chi connectivity index (χ2v) is 10.3. The van der Waals surface area contributed by atoms with E-state index in [0.29, 0.717) is 0 Å². The molecule has 13 nitrogen and oxygen atoms in total. The molecule has 5 atom stereocenters. The van der Waals surface area contributed by atoms with E-state index in [9.17, 15) is 33.4 Å². The number of ether oxygens (including phenoxy) is 3. The summed E-state index contributed by atoms with van der Waals surface area (Å²) in [6.07, 6.45) is -4.98. The van der Waals surface area contributed by atoms with Crippen LogP contribution >= 0.6 is 15.2 Å². The summed E-state index contributed by atoms with van der Waals surface area (Å²) < 4.78 is 45.2. The van der Waals surface area contributed by atoms with Gasteiger partial charge in [0.15, 0.2) is 6.23 Å². The van der Waals surface area contributed by atoms with Crippen molar-refractivity contribution in [2.45, 2.75) is 37.9 Å². The van der Waals surface area contributed by atoms with Crippen molar-refractivity contribution in [3.63, 3.8) is 0 Å². The number of nitrogens with one attached hydrogen (secondary N) is 1. The van der Waals surface area contributed by atoms with Gasteiger partial charge in [0.2, 0.25) is 0 Å². The van der Waals surface area contributed by atoms with Gasteiger partial charge in [-0.15, -0.1) is 0 Å². The predicted molar refractivity (Wildman–Crippen MR) is 97.1 cm³/mol. The molecule has 30 heavy (non-hydrogen) atoms. The molecule has 1 aromatic rings. The van der Waals surface area contributed by atoms with Crippen molar-refractivity contribution in [1.82, 2.24) is 9.55 Å². The Hall–Kier alpha value is -1.14. The molecule has 1 aromatic heterocycles. The summed E-state index contributed by atoms with van der Waals surface area (Å²) in [5.41, 5.74) is -1.30. The number of hydrogen-bond donors (Lipinski definition) is 1. The fourth-order valence-electron chi connectivity index (χ4n) is 3.02. The lowest BCUT2D eigenvalue weighted by molar-refractivity contribution is -0.313. The number of aromatic amines is 1. The van der Waals surface area contributed by atoms with Crippen LogP contribution in [0.15, 0.2) is 15.8 Å². The SMILES string of the molecule is COCCOC1C(OP(C)(=O)[O-])C(CCP(=O)([O-])[O-])OC1n1cc(C)c(=O)[nH]c1=O. The Morgan fingerprint density at radius 1 is 1.20 bits per heavy atom. The van der Waals surface area contributed by atoms with E-state index in [1.807, 2.05) is 0 Å². The average molecular weight is 469 g/mol. The van der Waals surface area contributed by atoms with Gasteiger partial charge in [0.1, 0.15) is 19.8 Å². The summed E-state index contributed by atoms with van der Waals surface area (Å²) in [6, 6.07) is 0. The zero-order valence-electron chi connectivity index (χ0n) is 16.5. The highest BCUT2D eigenvalue weighted by atomic mass is 31.2. The molecular formula is C15H23N2O11P2-3. The zero-order chi connectivity index (χ0) is 22.7. The van der Waals surface area contributed by atoms with Crippen LogP contribution in [0.2, 0.25) is 0 Å². The Kier molecular flexibility index (Phi) is 8.36. The molecule has 1 saturated heterocycles. The van der Waals surface area contributed by atoms with Gasteiger partial charge in [-0.05, 0) is 19.5 Å². The van der Waals surface area contributed by atoms with Crippen molar-refractivity contribution in [2.24, 2.45) is 0 Å². The second-order valence-electron chi connectivity index (χ2n) is 6.84. The number of hydrogen-bond acceptors (Lipinski definition) is 11. The Labute approximate surface area is 171 Å². The van der Waals surface area contributed by atoms with Crippen LogP contribution in [0.25, 0.3) is 0 Å². The molecule has 1 aliphatic rings. The molecule has 1 N–H and O–H groups in total. The average Bonchev–Trinajstić information content (AvgIpc) is 2.92. The Morgan fingerprint density at radius 3 is 2.43 bits per heavy atom. The van der Waals surface area contributed by atoms with Gasteiger partial charge >= 0.3 is 5.69 Å². The topological polar surface area (TPSA) is 195 Å². The number of methoxy groups -OCH3 is 1. The number of nitrogens with zero attached hydrogens (tertiary/aromatic N) is 1. The minimum absolute atomic E-state index is 0.0286. The fraction of sp³-hybridized carbons (Fsp3) is 0.733. The number of H-pyrrole nitrogens is 1. The molecular weight excluding hydrogens is 446 g/mol. The van der Waals surface area contributed by atoms with E-state index in [-0.39, 0.29) is 25.2 Å². The van der Waals surface area contributed by atoms with Crippen molar-refractivity contribution < 1.29 is 42.5 Å². The second kappa shape index (κ2) is 9.99. The first-order chi connectivity index (χ1) is 13.8. The first kappa shape index (κ1) is 25.1. The number of aromatic nitrogens is 2. The summed E-state index contributed by atoms with van der Waals surface area (Å²) in [6.45, 7) is 2.35. The van der Waals surface area contributed by atoms with Crippen LogP contribution in [0, 0.1) is 6.92 Å². The third-order valence-electron chi connectivity index (χ3n) is 4.30. The lowest BCUT2D eigenvalue weighted by atomic mass is 10.1. The molecule has 2 heterocycles. The van der Waals surface area contributed by atoms with Crippen LogP contribution in [0.4, 0.5) is 0 Å². The highest BCUT2D eigenvalue weighted by molar-refractivity contribution is 7.50. The first-order valence-electron chi connectivity index (χ1n) is 8.88. The monoisotopic (exact) mass is 469 g/mol. The maximum absolute atomic E-state index is 12.3. The van der Waals surface area contributed by atoms with Gasteiger partial charge in [0, 0.05) is 25.5 Å². The Bertz CT molecular complexity index is 933. The highest BCUT2D eigenvalue weighted by Gasteiger charge is 2.48. The lowest BCUT2D eigenvalue weighted by Gasteiger charge is -2.33. The van der Waals surface area contributed by atoms with Gasteiger partial charge in [0.05, 0.1) is 19.3 Å². The Morgan fingerprint density at radius 2 is 1.87 bits per heavy atom. The molecule has 0 aromatic carbocycles. The standard InChI is InChI=1S/C15H26N2O11P2/c1-9-8-17(15(19)16-13(9)18)14-12(26-6-5-25-2)11(28-29(3,20)21)10(27-14)4-7-30(22,23)24/h8,10-12,14H,4-7H2,1-3H3,(H,20,21)(H,16,18,19)(H2,22,23,24)/p-3. The van der Waals surface area contributed by atoms with Crippen molar-refractivity contribution in [3.8, 4) is 0 Å². The molecule has 0 aliphatic carbocycles. The van der Waals surface area contributed by atoms with Crippen molar-refractivity contribution >= 4 is 15.2 Å². The van der Waals surface area contributed by atoms with Gasteiger partial charge in [-0.1, -0.05) is 7.60 Å². The Balaban J connectivity index is 2.45. The van der Waals surface area contributed by atoms with Gasteiger partial charge < -0.3 is 42.5 Å². The van der Waals surface area contributed by atoms with Crippen LogP contribution in [-0.2, 0) is 27.9 Å². The molecule has 0 spiro atoms. The van der Waals surface area contributed by atoms with Gasteiger partial charge in [-0.2, -0.15) is 0 Å². The summed E-state index contributed by atoms with van der Waals surface area (Å²) >= 11 is 0. The minimum atomic E-state index is -4.92. The molecule has 172 valence electrons. The smallest absolute Gasteiger partial charge is 0.330 e. The number of aryl methyl sites for hydroxylation is 1. The largest absolute Gasteiger partial charge is 0.811 e. The van der Waals surface area contributed by atoms with Crippen LogP contribution in [0.5, 0.6) is 0 Å². The summed E-state index contributed by atoms with van der Waals surface area (Å²) in [4.78, 5) is 60.0. The molecule has 15 heteroatoms. The molecule has 0 radical (unpaired) electrons. The highest BCUT2D eigenvalue weighted by Crippen LogP contribution is 2.44. The molecule has 0 bridgehead atoms. The third-order valence-corrected chi connectivity index (χ3v) is 5.74. The zero-order valence-corrected chi connectivity index (χ0v) is 18.3. The van der Waals surface area contributed by atoms with Crippen LogP contribution < -0.4 is 25.9 Å². The molecule has 1 aliphatic heterocycles. The van der Waals surface area contributed by atoms with Crippen LogP contribution in [0.1, 0.15) is 18.2 Å². The molecule has 2 rings (SSSR count). The van der Waals surface area contributed by atoms with Gasteiger partial charge in [-0.25, -0.2) is 4.79 Å². The maximum atomic E-state index is 12.3. The van der Waals surface area contributed by atoms with E-state index in [2.05, 4.69) is 4.98 Å². The molecule has 1 fully saturated rings. The third kappa shape index (κ3) is 6.94. The molecule has 5 unspecified atom stereocenters. The fourth-order valence-corrected chi connectivity index (χ4v) is 4.29. The van der Waals surface area contributed by atoms with Crippen molar-refractivity contribution in [2.75, 3.05) is 33.2 Å². The van der Waals surface area contributed by atoms with Gasteiger partial charge in [-0.3, -0.25) is 14.3 Å². The van der Waals surface area contributed by atoms with E-state index >= 15 is 0 Å².